The standard InChI is InChI=1S/C23H22N2O3/c1-16-8-10-18(11-9-16)22(26)24-20-14-19(23(27)28)12-13-21(20)25(2)15-17-6-4-3-5-7-17/h3-14H,15H2,1-2H3,(H,24,26)(H,27,28). The third kappa shape index (κ3) is 4.57. The summed E-state index contributed by atoms with van der Waals surface area (Å²) in [6, 6.07) is 21.9. The van der Waals surface area contributed by atoms with E-state index in [1.54, 1.807) is 24.3 Å². The molecule has 0 saturated heterocycles. The molecule has 5 nitrogen and oxygen atoms in total. The number of rotatable bonds is 6. The van der Waals surface area contributed by atoms with E-state index in [0.29, 0.717) is 17.8 Å². The first kappa shape index (κ1) is 19.2. The van der Waals surface area contributed by atoms with Gasteiger partial charge in [0.25, 0.3) is 5.91 Å². The lowest BCUT2D eigenvalue weighted by molar-refractivity contribution is 0.0696. The number of aromatic carboxylic acids is 1. The van der Waals surface area contributed by atoms with Crippen LogP contribution >= 0.6 is 0 Å². The van der Waals surface area contributed by atoms with Gasteiger partial charge in [-0.1, -0.05) is 48.0 Å². The minimum absolute atomic E-state index is 0.121. The average Bonchev–Trinajstić information content (AvgIpc) is 2.69. The van der Waals surface area contributed by atoms with Gasteiger partial charge in [0.2, 0.25) is 0 Å². The number of carbonyl (C=O) groups excluding carboxylic acids is 1. The Kier molecular flexibility index (Phi) is 5.75. The Hall–Kier alpha value is -3.60. The number of nitrogens with zero attached hydrogens (tertiary/aromatic N) is 1. The molecule has 0 saturated carbocycles. The Morgan fingerprint density at radius 2 is 1.57 bits per heavy atom. The molecule has 0 radical (unpaired) electrons. The predicted octanol–water partition coefficient (Wildman–Crippen LogP) is 4.58. The van der Waals surface area contributed by atoms with Crippen molar-refractivity contribution in [2.75, 3.05) is 17.3 Å². The van der Waals surface area contributed by atoms with Crippen molar-refractivity contribution < 1.29 is 14.7 Å². The van der Waals surface area contributed by atoms with Crippen molar-refractivity contribution in [1.29, 1.82) is 0 Å². The van der Waals surface area contributed by atoms with Gasteiger partial charge < -0.3 is 15.3 Å². The van der Waals surface area contributed by atoms with Crippen LogP contribution in [-0.4, -0.2) is 24.0 Å². The molecule has 0 aromatic heterocycles. The number of anilines is 2. The minimum atomic E-state index is -1.04. The molecule has 3 aromatic carbocycles. The van der Waals surface area contributed by atoms with Crippen LogP contribution in [0.1, 0.15) is 31.8 Å². The first-order chi connectivity index (χ1) is 13.4. The van der Waals surface area contributed by atoms with Crippen LogP contribution in [0.25, 0.3) is 0 Å². The molecule has 0 heterocycles. The van der Waals surface area contributed by atoms with Crippen molar-refractivity contribution in [1.82, 2.24) is 0 Å². The lowest BCUT2D eigenvalue weighted by atomic mass is 10.1. The molecule has 0 spiro atoms. The van der Waals surface area contributed by atoms with Crippen LogP contribution in [-0.2, 0) is 6.54 Å². The van der Waals surface area contributed by atoms with E-state index in [2.05, 4.69) is 5.32 Å². The summed E-state index contributed by atoms with van der Waals surface area (Å²) in [5.74, 6) is -1.32. The van der Waals surface area contributed by atoms with E-state index in [4.69, 9.17) is 0 Å². The van der Waals surface area contributed by atoms with Gasteiger partial charge in [-0.25, -0.2) is 4.79 Å². The van der Waals surface area contributed by atoms with Crippen LogP contribution in [0.5, 0.6) is 0 Å². The number of amides is 1. The Bertz CT molecular complexity index is 982. The van der Waals surface area contributed by atoms with Crippen LogP contribution < -0.4 is 10.2 Å². The van der Waals surface area contributed by atoms with Crippen LogP contribution in [0.2, 0.25) is 0 Å². The maximum atomic E-state index is 12.7. The highest BCUT2D eigenvalue weighted by molar-refractivity contribution is 6.06. The average molecular weight is 374 g/mol. The molecule has 5 heteroatoms. The fourth-order valence-corrected chi connectivity index (χ4v) is 2.94. The van der Waals surface area contributed by atoms with Crippen molar-refractivity contribution >= 4 is 23.3 Å². The van der Waals surface area contributed by atoms with E-state index in [-0.39, 0.29) is 11.5 Å². The van der Waals surface area contributed by atoms with Gasteiger partial charge in [-0.3, -0.25) is 4.79 Å². The Morgan fingerprint density at radius 1 is 0.929 bits per heavy atom. The summed E-state index contributed by atoms with van der Waals surface area (Å²) in [5.41, 5.74) is 4.02. The Labute approximate surface area is 164 Å². The van der Waals surface area contributed by atoms with Gasteiger partial charge in [-0.05, 0) is 42.8 Å². The number of carbonyl (C=O) groups is 2. The molecule has 0 fully saturated rings. The summed E-state index contributed by atoms with van der Waals surface area (Å²) < 4.78 is 0. The van der Waals surface area contributed by atoms with Crippen LogP contribution in [0.3, 0.4) is 0 Å². The highest BCUT2D eigenvalue weighted by atomic mass is 16.4. The molecule has 0 aliphatic carbocycles. The van der Waals surface area contributed by atoms with E-state index in [9.17, 15) is 14.7 Å². The molecule has 1 amide bonds. The van der Waals surface area contributed by atoms with Crippen molar-refractivity contribution in [3.8, 4) is 0 Å². The van der Waals surface area contributed by atoms with Gasteiger partial charge in [0.1, 0.15) is 0 Å². The third-order valence-corrected chi connectivity index (χ3v) is 4.48. The normalized spacial score (nSPS) is 10.4. The van der Waals surface area contributed by atoms with Crippen molar-refractivity contribution in [3.05, 3.63) is 95.1 Å². The second kappa shape index (κ2) is 8.39. The predicted molar refractivity (Wildman–Crippen MR) is 111 cm³/mol. The first-order valence-corrected chi connectivity index (χ1v) is 8.94. The zero-order valence-electron chi connectivity index (χ0n) is 15.8. The molecular weight excluding hydrogens is 352 g/mol. The Balaban J connectivity index is 1.90. The van der Waals surface area contributed by atoms with Gasteiger partial charge in [-0.2, -0.15) is 0 Å². The van der Waals surface area contributed by atoms with Gasteiger partial charge in [0.15, 0.2) is 0 Å². The van der Waals surface area contributed by atoms with Crippen LogP contribution in [0.15, 0.2) is 72.8 Å². The largest absolute Gasteiger partial charge is 0.478 e. The molecule has 0 atom stereocenters. The van der Waals surface area contributed by atoms with Gasteiger partial charge >= 0.3 is 5.97 Å². The fraction of sp³-hybridized carbons (Fsp3) is 0.130. The summed E-state index contributed by atoms with van der Waals surface area (Å²) in [4.78, 5) is 26.0. The van der Waals surface area contributed by atoms with Crippen LogP contribution in [0, 0.1) is 6.92 Å². The number of aryl methyl sites for hydroxylation is 1. The van der Waals surface area contributed by atoms with E-state index >= 15 is 0 Å². The molecule has 0 aliphatic rings. The number of nitrogens with one attached hydrogen (secondary N) is 1. The van der Waals surface area contributed by atoms with E-state index in [1.807, 2.05) is 61.3 Å². The number of carboxylic acids is 1. The monoisotopic (exact) mass is 374 g/mol. The molecule has 0 unspecified atom stereocenters. The SMILES string of the molecule is Cc1ccc(C(=O)Nc2cc(C(=O)O)ccc2N(C)Cc2ccccc2)cc1. The second-order valence-electron chi connectivity index (χ2n) is 6.70. The van der Waals surface area contributed by atoms with E-state index in [0.717, 1.165) is 16.8 Å². The highest BCUT2D eigenvalue weighted by Crippen LogP contribution is 2.28. The van der Waals surface area contributed by atoms with Gasteiger partial charge in [-0.15, -0.1) is 0 Å². The first-order valence-electron chi connectivity index (χ1n) is 8.94. The smallest absolute Gasteiger partial charge is 0.335 e. The fourth-order valence-electron chi connectivity index (χ4n) is 2.94. The molecule has 2 N–H and O–H groups in total. The molecule has 28 heavy (non-hydrogen) atoms. The zero-order chi connectivity index (χ0) is 20.1. The third-order valence-electron chi connectivity index (χ3n) is 4.48. The lowest BCUT2D eigenvalue weighted by Gasteiger charge is -2.23. The second-order valence-corrected chi connectivity index (χ2v) is 6.70. The Morgan fingerprint density at radius 3 is 2.21 bits per heavy atom. The number of hydrogen-bond acceptors (Lipinski definition) is 3. The van der Waals surface area contributed by atoms with E-state index in [1.165, 1.54) is 6.07 Å². The van der Waals surface area contributed by atoms with Gasteiger partial charge in [0.05, 0.1) is 16.9 Å². The number of hydrogen-bond donors (Lipinski definition) is 2. The molecular formula is C23H22N2O3. The minimum Gasteiger partial charge on any atom is -0.478 e. The molecule has 3 rings (SSSR count). The maximum absolute atomic E-state index is 12.7. The van der Waals surface area contributed by atoms with Crippen molar-refractivity contribution in [2.45, 2.75) is 13.5 Å². The topological polar surface area (TPSA) is 69.6 Å². The van der Waals surface area contributed by atoms with Gasteiger partial charge in [0, 0.05) is 19.2 Å². The molecule has 0 bridgehead atoms. The summed E-state index contributed by atoms with van der Waals surface area (Å²) in [6.45, 7) is 2.58. The van der Waals surface area contributed by atoms with Crippen molar-refractivity contribution in [3.63, 3.8) is 0 Å². The van der Waals surface area contributed by atoms with Crippen LogP contribution in [0.4, 0.5) is 11.4 Å². The number of carboxylic acid groups (broad SMARTS) is 1. The maximum Gasteiger partial charge on any atom is 0.335 e. The van der Waals surface area contributed by atoms with E-state index < -0.39 is 5.97 Å². The molecule has 3 aromatic rings. The zero-order valence-corrected chi connectivity index (χ0v) is 15.8. The number of benzene rings is 3. The molecule has 0 aliphatic heterocycles. The summed E-state index contributed by atoms with van der Waals surface area (Å²) in [6.07, 6.45) is 0. The summed E-state index contributed by atoms with van der Waals surface area (Å²) >= 11 is 0. The quantitative estimate of drug-likeness (QED) is 0.662. The van der Waals surface area contributed by atoms with Crippen molar-refractivity contribution in [2.24, 2.45) is 0 Å². The molecule has 142 valence electrons. The highest BCUT2D eigenvalue weighted by Gasteiger charge is 2.15. The lowest BCUT2D eigenvalue weighted by Crippen LogP contribution is -2.20. The summed E-state index contributed by atoms with van der Waals surface area (Å²) in [7, 11) is 1.91. The summed E-state index contributed by atoms with van der Waals surface area (Å²) in [5, 5.41) is 12.2.